The lowest BCUT2D eigenvalue weighted by atomic mass is 9.96. The van der Waals surface area contributed by atoms with Gasteiger partial charge in [0.05, 0.1) is 5.69 Å². The van der Waals surface area contributed by atoms with Crippen LogP contribution in [0, 0.1) is 0 Å². The van der Waals surface area contributed by atoms with E-state index in [4.69, 9.17) is 4.74 Å². The normalized spacial score (nSPS) is 21.1. The zero-order valence-electron chi connectivity index (χ0n) is 13.0. The summed E-state index contributed by atoms with van der Waals surface area (Å²) < 4.78 is 5.85. The maximum absolute atomic E-state index is 5.85. The van der Waals surface area contributed by atoms with E-state index in [1.165, 1.54) is 36.9 Å². The molecule has 0 aromatic carbocycles. The van der Waals surface area contributed by atoms with Crippen LogP contribution < -0.4 is 15.4 Å². The van der Waals surface area contributed by atoms with Gasteiger partial charge in [0.25, 0.3) is 0 Å². The molecule has 5 nitrogen and oxygen atoms in total. The first-order chi connectivity index (χ1) is 10.4. The summed E-state index contributed by atoms with van der Waals surface area (Å²) in [5.74, 6) is 0.996. The van der Waals surface area contributed by atoms with Crippen LogP contribution in [0.5, 0.6) is 6.01 Å². The zero-order chi connectivity index (χ0) is 14.5. The average molecular weight is 290 g/mol. The zero-order valence-corrected chi connectivity index (χ0v) is 13.0. The third-order valence-corrected chi connectivity index (χ3v) is 4.28. The topological polar surface area (TPSA) is 59.1 Å². The second-order valence-corrected chi connectivity index (χ2v) is 6.02. The van der Waals surface area contributed by atoms with Gasteiger partial charge < -0.3 is 15.4 Å². The predicted octanol–water partition coefficient (Wildman–Crippen LogP) is 2.31. The van der Waals surface area contributed by atoms with Crippen molar-refractivity contribution < 1.29 is 4.74 Å². The molecule has 21 heavy (non-hydrogen) atoms. The molecule has 0 saturated carbocycles. The first-order valence-electron chi connectivity index (χ1n) is 8.36. The molecule has 1 fully saturated rings. The van der Waals surface area contributed by atoms with Crippen molar-refractivity contribution in [3.63, 3.8) is 0 Å². The highest BCUT2D eigenvalue weighted by Gasteiger charge is 2.20. The number of nitrogens with zero attached hydrogens (tertiary/aromatic N) is 2. The minimum Gasteiger partial charge on any atom is -0.462 e. The Labute approximate surface area is 126 Å². The van der Waals surface area contributed by atoms with Gasteiger partial charge in [0.1, 0.15) is 12.4 Å². The molecule has 1 aliphatic heterocycles. The van der Waals surface area contributed by atoms with Crippen LogP contribution in [0.4, 0.5) is 5.82 Å². The van der Waals surface area contributed by atoms with Crippen LogP contribution in [0.15, 0.2) is 0 Å². The molecular formula is C16H26N4O. The van der Waals surface area contributed by atoms with Crippen LogP contribution in [0.25, 0.3) is 0 Å². The van der Waals surface area contributed by atoms with E-state index in [0.717, 1.165) is 38.2 Å². The van der Waals surface area contributed by atoms with Crippen molar-refractivity contribution in [3.8, 4) is 6.01 Å². The number of aryl methyl sites for hydroxylation is 1. The van der Waals surface area contributed by atoms with Crippen LogP contribution in [0.3, 0.4) is 0 Å². The Morgan fingerprint density at radius 1 is 1.24 bits per heavy atom. The smallest absolute Gasteiger partial charge is 0.318 e. The maximum Gasteiger partial charge on any atom is 0.318 e. The minimum absolute atomic E-state index is 0.455. The van der Waals surface area contributed by atoms with Gasteiger partial charge in [0.2, 0.25) is 0 Å². The Morgan fingerprint density at radius 3 is 2.95 bits per heavy atom. The molecular weight excluding hydrogens is 264 g/mol. The van der Waals surface area contributed by atoms with Gasteiger partial charge in [-0.2, -0.15) is 9.97 Å². The highest BCUT2D eigenvalue weighted by Crippen LogP contribution is 2.27. The Kier molecular flexibility index (Phi) is 4.91. The quantitative estimate of drug-likeness (QED) is 0.842. The summed E-state index contributed by atoms with van der Waals surface area (Å²) in [5, 5.41) is 6.89. The summed E-state index contributed by atoms with van der Waals surface area (Å²) >= 11 is 0. The van der Waals surface area contributed by atoms with Gasteiger partial charge in [-0.25, -0.2) is 0 Å². The molecule has 0 spiro atoms. The highest BCUT2D eigenvalue weighted by atomic mass is 16.5. The fourth-order valence-electron chi connectivity index (χ4n) is 3.10. The van der Waals surface area contributed by atoms with E-state index in [9.17, 15) is 0 Å². The first-order valence-corrected chi connectivity index (χ1v) is 8.36. The van der Waals surface area contributed by atoms with E-state index in [0.29, 0.717) is 18.7 Å². The number of nitrogens with one attached hydrogen (secondary N) is 2. The minimum atomic E-state index is 0.455. The molecule has 3 rings (SSSR count). The van der Waals surface area contributed by atoms with Crippen molar-refractivity contribution in [1.82, 2.24) is 15.3 Å². The Hall–Kier alpha value is -1.36. The lowest BCUT2D eigenvalue weighted by Gasteiger charge is -2.20. The Morgan fingerprint density at radius 2 is 2.14 bits per heavy atom. The van der Waals surface area contributed by atoms with Gasteiger partial charge in [-0.15, -0.1) is 0 Å². The summed E-state index contributed by atoms with van der Waals surface area (Å²) in [4.78, 5) is 9.25. The monoisotopic (exact) mass is 290 g/mol. The molecule has 116 valence electrons. The van der Waals surface area contributed by atoms with Gasteiger partial charge in [0.15, 0.2) is 0 Å². The molecule has 0 unspecified atom stereocenters. The van der Waals surface area contributed by atoms with E-state index in [1.807, 2.05) is 0 Å². The molecule has 0 amide bonds. The van der Waals surface area contributed by atoms with Gasteiger partial charge in [-0.1, -0.05) is 6.92 Å². The molecule has 1 aliphatic carbocycles. The van der Waals surface area contributed by atoms with Crippen molar-refractivity contribution in [1.29, 1.82) is 0 Å². The standard InChI is InChI=1S/C16H26N4O/c1-2-9-18-15-13-7-3-4-8-14(13)19-16(20-15)21-11-12-6-5-10-17-12/h12,17H,2-11H2,1H3,(H,18,19,20)/t12-/m0/s1. The Bertz CT molecular complexity index is 472. The number of ether oxygens (including phenoxy) is 1. The molecule has 2 heterocycles. The average Bonchev–Trinajstić information content (AvgIpc) is 3.04. The van der Waals surface area contributed by atoms with E-state index in [-0.39, 0.29) is 0 Å². The fourth-order valence-corrected chi connectivity index (χ4v) is 3.10. The van der Waals surface area contributed by atoms with Crippen LogP contribution in [0.1, 0.15) is 50.3 Å². The van der Waals surface area contributed by atoms with Crippen LogP contribution in [-0.4, -0.2) is 35.7 Å². The third-order valence-electron chi connectivity index (χ3n) is 4.28. The number of anilines is 1. The van der Waals surface area contributed by atoms with Gasteiger partial charge in [-0.3, -0.25) is 0 Å². The van der Waals surface area contributed by atoms with Gasteiger partial charge in [-0.05, 0) is 51.5 Å². The number of hydrogen-bond acceptors (Lipinski definition) is 5. The number of aromatic nitrogens is 2. The second kappa shape index (κ2) is 7.07. The molecule has 1 atom stereocenters. The third kappa shape index (κ3) is 3.64. The van der Waals surface area contributed by atoms with Gasteiger partial charge >= 0.3 is 6.01 Å². The van der Waals surface area contributed by atoms with E-state index in [1.54, 1.807) is 0 Å². The lowest BCUT2D eigenvalue weighted by Crippen LogP contribution is -2.28. The molecule has 2 N–H and O–H groups in total. The number of fused-ring (bicyclic) bond motifs is 1. The second-order valence-electron chi connectivity index (χ2n) is 6.02. The van der Waals surface area contributed by atoms with E-state index >= 15 is 0 Å². The maximum atomic E-state index is 5.85. The summed E-state index contributed by atoms with van der Waals surface area (Å²) in [6.45, 7) is 4.89. The van der Waals surface area contributed by atoms with Crippen molar-refractivity contribution in [3.05, 3.63) is 11.3 Å². The van der Waals surface area contributed by atoms with Crippen molar-refractivity contribution in [2.24, 2.45) is 0 Å². The molecule has 2 aliphatic rings. The van der Waals surface area contributed by atoms with Crippen molar-refractivity contribution >= 4 is 5.82 Å². The van der Waals surface area contributed by atoms with Crippen molar-refractivity contribution in [2.75, 3.05) is 25.0 Å². The molecule has 0 radical (unpaired) electrons. The summed E-state index contributed by atoms with van der Waals surface area (Å²) in [5.41, 5.74) is 2.49. The highest BCUT2D eigenvalue weighted by molar-refractivity contribution is 5.48. The summed E-state index contributed by atoms with van der Waals surface area (Å²) in [6.07, 6.45) is 8.13. The van der Waals surface area contributed by atoms with Gasteiger partial charge in [0, 0.05) is 18.2 Å². The summed E-state index contributed by atoms with van der Waals surface area (Å²) in [7, 11) is 0. The molecule has 1 aromatic heterocycles. The number of rotatable bonds is 6. The van der Waals surface area contributed by atoms with Crippen LogP contribution in [0.2, 0.25) is 0 Å². The Balaban J connectivity index is 1.72. The molecule has 0 bridgehead atoms. The number of hydrogen-bond donors (Lipinski definition) is 2. The fraction of sp³-hybridized carbons (Fsp3) is 0.750. The molecule has 1 aromatic rings. The van der Waals surface area contributed by atoms with Crippen molar-refractivity contribution in [2.45, 2.75) is 57.9 Å². The summed E-state index contributed by atoms with van der Waals surface area (Å²) in [6, 6.07) is 1.000. The molecule has 5 heteroatoms. The first kappa shape index (κ1) is 14.6. The van der Waals surface area contributed by atoms with E-state index in [2.05, 4.69) is 27.5 Å². The SMILES string of the molecule is CCCNc1nc(OC[C@@H]2CCCN2)nc2c1CCCC2. The predicted molar refractivity (Wildman–Crippen MR) is 84.0 cm³/mol. The van der Waals surface area contributed by atoms with Crippen LogP contribution >= 0.6 is 0 Å². The van der Waals surface area contributed by atoms with Crippen LogP contribution in [-0.2, 0) is 12.8 Å². The molecule has 1 saturated heterocycles. The van der Waals surface area contributed by atoms with E-state index < -0.39 is 0 Å². The largest absolute Gasteiger partial charge is 0.462 e. The lowest BCUT2D eigenvalue weighted by molar-refractivity contribution is 0.256.